The Morgan fingerprint density at radius 3 is 2.48 bits per heavy atom. The van der Waals surface area contributed by atoms with Crippen molar-refractivity contribution in [2.24, 2.45) is 0 Å². The van der Waals surface area contributed by atoms with E-state index in [4.69, 9.17) is 0 Å². The third-order valence-corrected chi connectivity index (χ3v) is 3.04. The second-order valence-electron chi connectivity index (χ2n) is 4.97. The number of amides is 2. The zero-order valence-electron chi connectivity index (χ0n) is 12.6. The molecule has 0 spiro atoms. The van der Waals surface area contributed by atoms with Crippen molar-refractivity contribution in [1.29, 1.82) is 0 Å². The Bertz CT molecular complexity index is 547. The molecule has 1 unspecified atom stereocenters. The molecule has 0 radical (unpaired) electrons. The molecular formula is C15H19F3N2O3. The SMILES string of the molecule is CCCC(O)CNC(=O)CNC(=O)c1ccccc1C(F)(F)F. The van der Waals surface area contributed by atoms with Gasteiger partial charge in [-0.25, -0.2) is 0 Å². The average molecular weight is 332 g/mol. The largest absolute Gasteiger partial charge is 0.417 e. The summed E-state index contributed by atoms with van der Waals surface area (Å²) in [5, 5.41) is 14.0. The first-order chi connectivity index (χ1) is 10.8. The van der Waals surface area contributed by atoms with Gasteiger partial charge in [0.2, 0.25) is 5.91 Å². The van der Waals surface area contributed by atoms with E-state index in [1.807, 2.05) is 6.92 Å². The first-order valence-electron chi connectivity index (χ1n) is 7.15. The fraction of sp³-hybridized carbons (Fsp3) is 0.467. The van der Waals surface area contributed by atoms with Gasteiger partial charge in [0.05, 0.1) is 23.8 Å². The molecule has 128 valence electrons. The molecule has 1 aromatic rings. The first kappa shape index (κ1) is 19.0. The highest BCUT2D eigenvalue weighted by atomic mass is 19.4. The van der Waals surface area contributed by atoms with Crippen LogP contribution in [0.25, 0.3) is 0 Å². The molecule has 1 rings (SSSR count). The molecule has 1 atom stereocenters. The number of aliphatic hydroxyl groups is 1. The number of carbonyl (C=O) groups excluding carboxylic acids is 2. The van der Waals surface area contributed by atoms with E-state index in [2.05, 4.69) is 10.6 Å². The Kier molecular flexibility index (Phi) is 7.02. The predicted molar refractivity (Wildman–Crippen MR) is 77.7 cm³/mol. The minimum atomic E-state index is -4.65. The van der Waals surface area contributed by atoms with Crippen molar-refractivity contribution in [3.8, 4) is 0 Å². The second kappa shape index (κ2) is 8.52. The zero-order chi connectivity index (χ0) is 17.5. The Hall–Kier alpha value is -2.09. The van der Waals surface area contributed by atoms with Crippen LogP contribution in [0.5, 0.6) is 0 Å². The van der Waals surface area contributed by atoms with E-state index in [0.29, 0.717) is 6.42 Å². The Morgan fingerprint density at radius 1 is 1.22 bits per heavy atom. The van der Waals surface area contributed by atoms with Crippen molar-refractivity contribution < 1.29 is 27.9 Å². The van der Waals surface area contributed by atoms with Crippen molar-refractivity contribution in [2.75, 3.05) is 13.1 Å². The molecular weight excluding hydrogens is 313 g/mol. The summed E-state index contributed by atoms with van der Waals surface area (Å²) < 4.78 is 38.4. The number of rotatable bonds is 7. The van der Waals surface area contributed by atoms with E-state index < -0.39 is 41.8 Å². The van der Waals surface area contributed by atoms with E-state index in [9.17, 15) is 27.9 Å². The Morgan fingerprint density at radius 2 is 1.87 bits per heavy atom. The third kappa shape index (κ3) is 6.27. The molecule has 0 aliphatic carbocycles. The molecule has 8 heteroatoms. The molecule has 0 aliphatic rings. The number of alkyl halides is 3. The van der Waals surface area contributed by atoms with Crippen LogP contribution >= 0.6 is 0 Å². The van der Waals surface area contributed by atoms with Gasteiger partial charge < -0.3 is 15.7 Å². The highest BCUT2D eigenvalue weighted by molar-refractivity contribution is 5.97. The van der Waals surface area contributed by atoms with Crippen LogP contribution in [0, 0.1) is 0 Å². The lowest BCUT2D eigenvalue weighted by Gasteiger charge is -2.13. The quantitative estimate of drug-likeness (QED) is 0.711. The summed E-state index contributed by atoms with van der Waals surface area (Å²) in [5.74, 6) is -1.57. The van der Waals surface area contributed by atoms with Crippen molar-refractivity contribution >= 4 is 11.8 Å². The number of carbonyl (C=O) groups is 2. The van der Waals surface area contributed by atoms with Crippen molar-refractivity contribution in [3.05, 3.63) is 35.4 Å². The van der Waals surface area contributed by atoms with Crippen LogP contribution in [0.15, 0.2) is 24.3 Å². The number of hydrogen-bond acceptors (Lipinski definition) is 3. The van der Waals surface area contributed by atoms with Gasteiger partial charge in [-0.1, -0.05) is 25.5 Å². The fourth-order valence-corrected chi connectivity index (χ4v) is 1.91. The number of nitrogens with one attached hydrogen (secondary N) is 2. The maximum absolute atomic E-state index is 12.8. The third-order valence-electron chi connectivity index (χ3n) is 3.04. The van der Waals surface area contributed by atoms with Crippen LogP contribution in [-0.2, 0) is 11.0 Å². The molecule has 0 fully saturated rings. The second-order valence-corrected chi connectivity index (χ2v) is 4.97. The van der Waals surface area contributed by atoms with Gasteiger partial charge in [-0.05, 0) is 18.6 Å². The summed E-state index contributed by atoms with van der Waals surface area (Å²) in [6, 6.07) is 4.34. The van der Waals surface area contributed by atoms with Crippen LogP contribution in [0.4, 0.5) is 13.2 Å². The van der Waals surface area contributed by atoms with E-state index in [0.717, 1.165) is 18.6 Å². The number of halogens is 3. The number of aliphatic hydroxyl groups excluding tert-OH is 1. The molecule has 0 saturated carbocycles. The summed E-state index contributed by atoms with van der Waals surface area (Å²) >= 11 is 0. The summed E-state index contributed by atoms with van der Waals surface area (Å²) in [4.78, 5) is 23.3. The number of benzene rings is 1. The zero-order valence-corrected chi connectivity index (χ0v) is 12.6. The van der Waals surface area contributed by atoms with Crippen molar-refractivity contribution in [1.82, 2.24) is 10.6 Å². The smallest absolute Gasteiger partial charge is 0.391 e. The molecule has 0 aromatic heterocycles. The summed E-state index contributed by atoms with van der Waals surface area (Å²) in [6.07, 6.45) is -4.07. The maximum Gasteiger partial charge on any atom is 0.417 e. The van der Waals surface area contributed by atoms with Crippen LogP contribution < -0.4 is 10.6 Å². The van der Waals surface area contributed by atoms with Crippen LogP contribution in [0.1, 0.15) is 35.7 Å². The van der Waals surface area contributed by atoms with Gasteiger partial charge in [0.1, 0.15) is 0 Å². The summed E-state index contributed by atoms with van der Waals surface area (Å²) in [5.41, 5.74) is -1.60. The standard InChI is InChI=1S/C15H19F3N2O3/c1-2-5-10(21)8-19-13(22)9-20-14(23)11-6-3-4-7-12(11)15(16,17)18/h3-4,6-7,10,21H,2,5,8-9H2,1H3,(H,19,22)(H,20,23). The normalized spacial score (nSPS) is 12.6. The maximum atomic E-state index is 12.8. The average Bonchev–Trinajstić information content (AvgIpc) is 2.50. The summed E-state index contributed by atoms with van der Waals surface area (Å²) in [6.45, 7) is 1.44. The first-order valence-corrected chi connectivity index (χ1v) is 7.15. The van der Waals surface area contributed by atoms with Gasteiger partial charge in [-0.15, -0.1) is 0 Å². The molecule has 0 bridgehead atoms. The van der Waals surface area contributed by atoms with Gasteiger partial charge in [0, 0.05) is 6.54 Å². The topological polar surface area (TPSA) is 78.4 Å². The van der Waals surface area contributed by atoms with E-state index in [1.54, 1.807) is 0 Å². The molecule has 2 amide bonds. The van der Waals surface area contributed by atoms with Gasteiger partial charge in [0.25, 0.3) is 5.91 Å². The fourth-order valence-electron chi connectivity index (χ4n) is 1.91. The highest BCUT2D eigenvalue weighted by Crippen LogP contribution is 2.31. The van der Waals surface area contributed by atoms with E-state index in [-0.39, 0.29) is 6.54 Å². The van der Waals surface area contributed by atoms with Crippen LogP contribution in [-0.4, -0.2) is 36.1 Å². The van der Waals surface area contributed by atoms with Crippen LogP contribution in [0.3, 0.4) is 0 Å². The van der Waals surface area contributed by atoms with Crippen molar-refractivity contribution in [3.63, 3.8) is 0 Å². The van der Waals surface area contributed by atoms with E-state index in [1.165, 1.54) is 12.1 Å². The van der Waals surface area contributed by atoms with Gasteiger partial charge >= 0.3 is 6.18 Å². The molecule has 3 N–H and O–H groups in total. The lowest BCUT2D eigenvalue weighted by molar-refractivity contribution is -0.137. The van der Waals surface area contributed by atoms with Crippen molar-refractivity contribution in [2.45, 2.75) is 32.0 Å². The Balaban J connectivity index is 2.56. The molecule has 0 saturated heterocycles. The molecule has 0 aliphatic heterocycles. The highest BCUT2D eigenvalue weighted by Gasteiger charge is 2.34. The van der Waals surface area contributed by atoms with Gasteiger partial charge in [0.15, 0.2) is 0 Å². The molecule has 1 aromatic carbocycles. The van der Waals surface area contributed by atoms with Gasteiger partial charge in [-0.3, -0.25) is 9.59 Å². The lowest BCUT2D eigenvalue weighted by atomic mass is 10.1. The molecule has 0 heterocycles. The molecule has 23 heavy (non-hydrogen) atoms. The minimum Gasteiger partial charge on any atom is -0.391 e. The predicted octanol–water partition coefficient (Wildman–Crippen LogP) is 1.71. The lowest BCUT2D eigenvalue weighted by Crippen LogP contribution is -2.40. The van der Waals surface area contributed by atoms with E-state index >= 15 is 0 Å². The van der Waals surface area contributed by atoms with Gasteiger partial charge in [-0.2, -0.15) is 13.2 Å². The van der Waals surface area contributed by atoms with Crippen LogP contribution in [0.2, 0.25) is 0 Å². The summed E-state index contributed by atoms with van der Waals surface area (Å²) in [7, 11) is 0. The minimum absolute atomic E-state index is 0.0294. The number of hydrogen-bond donors (Lipinski definition) is 3. The monoisotopic (exact) mass is 332 g/mol. The Labute approximate surface area is 131 Å². The molecule has 5 nitrogen and oxygen atoms in total.